The van der Waals surface area contributed by atoms with Crippen LogP contribution in [0.4, 0.5) is 0 Å². The smallest absolute Gasteiger partial charge is 0.166 e. The average Bonchev–Trinajstić information content (AvgIpc) is 2.50. The van der Waals surface area contributed by atoms with Crippen molar-refractivity contribution in [1.82, 2.24) is 5.32 Å². The summed E-state index contributed by atoms with van der Waals surface area (Å²) in [4.78, 5) is 12.6. The molecule has 0 radical (unpaired) electrons. The fourth-order valence-corrected chi connectivity index (χ4v) is 3.21. The van der Waals surface area contributed by atoms with Crippen molar-refractivity contribution in [2.24, 2.45) is 11.8 Å². The van der Waals surface area contributed by atoms with Gasteiger partial charge in [0, 0.05) is 6.42 Å². The lowest BCUT2D eigenvalue weighted by Gasteiger charge is -2.28. The van der Waals surface area contributed by atoms with Crippen LogP contribution in [0, 0.1) is 25.7 Å². The first kappa shape index (κ1) is 16.0. The van der Waals surface area contributed by atoms with Crippen LogP contribution in [-0.2, 0) is 0 Å². The second-order valence-corrected chi connectivity index (χ2v) is 6.30. The largest absolute Gasteiger partial charge is 0.496 e. The summed E-state index contributed by atoms with van der Waals surface area (Å²) in [5.41, 5.74) is 2.96. The molecule has 2 rings (SSSR count). The van der Waals surface area contributed by atoms with E-state index in [0.717, 1.165) is 35.5 Å². The number of hydrogen-bond donors (Lipinski definition) is 1. The molecule has 1 heterocycles. The highest BCUT2D eigenvalue weighted by Crippen LogP contribution is 2.30. The van der Waals surface area contributed by atoms with Crippen LogP contribution in [0.3, 0.4) is 0 Å². The van der Waals surface area contributed by atoms with Crippen molar-refractivity contribution < 1.29 is 9.53 Å². The van der Waals surface area contributed by atoms with Crippen LogP contribution in [0.15, 0.2) is 12.1 Å². The first-order chi connectivity index (χ1) is 10.0. The SMILES string of the molecule is COc1c(C(=O)CC(C)C2CCCNC2)ccc(C)c1C. The highest BCUT2D eigenvalue weighted by Gasteiger charge is 2.24. The highest BCUT2D eigenvalue weighted by atomic mass is 16.5. The zero-order valence-electron chi connectivity index (χ0n) is 13.7. The average molecular weight is 289 g/mol. The summed E-state index contributed by atoms with van der Waals surface area (Å²) >= 11 is 0. The number of piperidine rings is 1. The van der Waals surface area contributed by atoms with Gasteiger partial charge in [0.15, 0.2) is 5.78 Å². The van der Waals surface area contributed by atoms with Crippen LogP contribution in [0.5, 0.6) is 5.75 Å². The third-order valence-corrected chi connectivity index (χ3v) is 4.83. The minimum atomic E-state index is 0.202. The number of carbonyl (C=O) groups excluding carboxylic acids is 1. The van der Waals surface area contributed by atoms with Gasteiger partial charge in [0.1, 0.15) is 5.75 Å². The maximum atomic E-state index is 12.6. The Bertz CT molecular complexity index is 504. The molecule has 0 amide bonds. The molecule has 2 atom stereocenters. The fraction of sp³-hybridized carbons (Fsp3) is 0.611. The first-order valence-electron chi connectivity index (χ1n) is 7.92. The van der Waals surface area contributed by atoms with E-state index < -0.39 is 0 Å². The summed E-state index contributed by atoms with van der Waals surface area (Å²) in [5, 5.41) is 3.43. The van der Waals surface area contributed by atoms with Crippen LogP contribution in [0.2, 0.25) is 0 Å². The van der Waals surface area contributed by atoms with Gasteiger partial charge in [-0.3, -0.25) is 4.79 Å². The predicted octanol–water partition coefficient (Wildman–Crippen LogP) is 3.52. The van der Waals surface area contributed by atoms with Gasteiger partial charge in [-0.1, -0.05) is 13.0 Å². The Morgan fingerprint density at radius 1 is 1.43 bits per heavy atom. The zero-order valence-corrected chi connectivity index (χ0v) is 13.7. The lowest BCUT2D eigenvalue weighted by atomic mass is 9.83. The van der Waals surface area contributed by atoms with Crippen molar-refractivity contribution in [2.75, 3.05) is 20.2 Å². The molecule has 1 aromatic rings. The molecule has 0 aliphatic carbocycles. The number of carbonyl (C=O) groups is 1. The third kappa shape index (κ3) is 3.65. The van der Waals surface area contributed by atoms with Crippen molar-refractivity contribution >= 4 is 5.78 Å². The Kier molecular flexibility index (Phi) is 5.40. The van der Waals surface area contributed by atoms with Crippen molar-refractivity contribution in [3.63, 3.8) is 0 Å². The number of methoxy groups -OCH3 is 1. The number of ketones is 1. The molecule has 1 N–H and O–H groups in total. The number of aryl methyl sites for hydroxylation is 1. The van der Waals surface area contributed by atoms with E-state index in [1.165, 1.54) is 12.8 Å². The fourth-order valence-electron chi connectivity index (χ4n) is 3.21. The second kappa shape index (κ2) is 7.08. The number of benzene rings is 1. The Hall–Kier alpha value is -1.35. The maximum absolute atomic E-state index is 12.6. The molecular formula is C18H27NO2. The van der Waals surface area contributed by atoms with Gasteiger partial charge < -0.3 is 10.1 Å². The van der Waals surface area contributed by atoms with E-state index >= 15 is 0 Å². The van der Waals surface area contributed by atoms with Crippen molar-refractivity contribution in [2.45, 2.75) is 40.0 Å². The molecule has 0 aromatic heterocycles. The molecular weight excluding hydrogens is 262 g/mol. The quantitative estimate of drug-likeness (QED) is 0.843. The number of rotatable bonds is 5. The molecule has 1 fully saturated rings. The third-order valence-electron chi connectivity index (χ3n) is 4.83. The lowest BCUT2D eigenvalue weighted by Crippen LogP contribution is -2.34. The Morgan fingerprint density at radius 2 is 2.19 bits per heavy atom. The highest BCUT2D eigenvalue weighted by molar-refractivity contribution is 5.99. The van der Waals surface area contributed by atoms with E-state index in [-0.39, 0.29) is 5.78 Å². The summed E-state index contributed by atoms with van der Waals surface area (Å²) in [6.45, 7) is 8.41. The van der Waals surface area contributed by atoms with Crippen LogP contribution in [-0.4, -0.2) is 26.0 Å². The molecule has 0 bridgehead atoms. The minimum absolute atomic E-state index is 0.202. The Labute approximate surface area is 128 Å². The van der Waals surface area contributed by atoms with Gasteiger partial charge >= 0.3 is 0 Å². The number of ether oxygens (including phenoxy) is 1. The monoisotopic (exact) mass is 289 g/mol. The maximum Gasteiger partial charge on any atom is 0.166 e. The van der Waals surface area contributed by atoms with Crippen molar-refractivity contribution in [3.8, 4) is 5.75 Å². The summed E-state index contributed by atoms with van der Waals surface area (Å²) in [5.74, 6) is 1.97. The molecule has 1 aromatic carbocycles. The summed E-state index contributed by atoms with van der Waals surface area (Å²) in [6, 6.07) is 3.92. The summed E-state index contributed by atoms with van der Waals surface area (Å²) in [6.07, 6.45) is 3.05. The van der Waals surface area contributed by atoms with Crippen LogP contribution < -0.4 is 10.1 Å². The second-order valence-electron chi connectivity index (χ2n) is 6.30. The van der Waals surface area contributed by atoms with Gasteiger partial charge in [-0.15, -0.1) is 0 Å². The molecule has 1 aliphatic rings. The lowest BCUT2D eigenvalue weighted by molar-refractivity contribution is 0.0940. The normalized spacial score (nSPS) is 20.1. The van der Waals surface area contributed by atoms with E-state index in [0.29, 0.717) is 18.3 Å². The van der Waals surface area contributed by atoms with Gasteiger partial charge in [0.2, 0.25) is 0 Å². The number of nitrogens with one attached hydrogen (secondary N) is 1. The Morgan fingerprint density at radius 3 is 2.81 bits per heavy atom. The van der Waals surface area contributed by atoms with Crippen LogP contribution in [0.1, 0.15) is 47.7 Å². The standard InChI is InChI=1S/C18H27NO2/c1-12-7-8-16(18(21-4)14(12)3)17(20)10-13(2)15-6-5-9-19-11-15/h7-8,13,15,19H,5-6,9-11H2,1-4H3. The van der Waals surface area contributed by atoms with E-state index in [1.807, 2.05) is 26.0 Å². The minimum Gasteiger partial charge on any atom is -0.496 e. The topological polar surface area (TPSA) is 38.3 Å². The molecule has 0 saturated carbocycles. The van der Waals surface area contributed by atoms with Gasteiger partial charge in [0.05, 0.1) is 12.7 Å². The van der Waals surface area contributed by atoms with Crippen LogP contribution in [0.25, 0.3) is 0 Å². The molecule has 21 heavy (non-hydrogen) atoms. The molecule has 3 heteroatoms. The van der Waals surface area contributed by atoms with Crippen LogP contribution >= 0.6 is 0 Å². The molecule has 116 valence electrons. The molecule has 3 nitrogen and oxygen atoms in total. The van der Waals surface area contributed by atoms with Crippen molar-refractivity contribution in [3.05, 3.63) is 28.8 Å². The van der Waals surface area contributed by atoms with Gasteiger partial charge in [-0.25, -0.2) is 0 Å². The summed E-state index contributed by atoms with van der Waals surface area (Å²) < 4.78 is 5.47. The van der Waals surface area contributed by atoms with Crippen molar-refractivity contribution in [1.29, 1.82) is 0 Å². The number of Topliss-reactive ketones (excluding diaryl/α,β-unsaturated/α-hetero) is 1. The first-order valence-corrected chi connectivity index (χ1v) is 7.92. The van der Waals surface area contributed by atoms with E-state index in [2.05, 4.69) is 12.2 Å². The van der Waals surface area contributed by atoms with Gasteiger partial charge in [-0.05, 0) is 68.8 Å². The van der Waals surface area contributed by atoms with E-state index in [4.69, 9.17) is 4.74 Å². The zero-order chi connectivity index (χ0) is 15.4. The number of hydrogen-bond acceptors (Lipinski definition) is 3. The molecule has 0 spiro atoms. The molecule has 2 unspecified atom stereocenters. The van der Waals surface area contributed by atoms with Gasteiger partial charge in [-0.2, -0.15) is 0 Å². The molecule has 1 saturated heterocycles. The summed E-state index contributed by atoms with van der Waals surface area (Å²) in [7, 11) is 1.65. The van der Waals surface area contributed by atoms with Gasteiger partial charge in [0.25, 0.3) is 0 Å². The van der Waals surface area contributed by atoms with E-state index in [1.54, 1.807) is 7.11 Å². The predicted molar refractivity (Wildman–Crippen MR) is 86.2 cm³/mol. The van der Waals surface area contributed by atoms with E-state index in [9.17, 15) is 4.79 Å². The Balaban J connectivity index is 2.11. The molecule has 1 aliphatic heterocycles.